The van der Waals surface area contributed by atoms with Crippen molar-refractivity contribution in [3.05, 3.63) is 53.6 Å². The highest BCUT2D eigenvalue weighted by atomic mass is 16.4. The van der Waals surface area contributed by atoms with E-state index >= 15 is 0 Å². The SMILES string of the molecule is N=c1ccn(-c2cc(N)ccc2C(=O)O)cc1. The quantitative estimate of drug-likeness (QED) is 0.676. The molecule has 2 rings (SSSR count). The number of nitrogens with zero attached hydrogens (tertiary/aromatic N) is 1. The summed E-state index contributed by atoms with van der Waals surface area (Å²) in [7, 11) is 0. The van der Waals surface area contributed by atoms with Crippen LogP contribution in [0.4, 0.5) is 5.69 Å². The first-order chi connectivity index (χ1) is 8.08. The van der Waals surface area contributed by atoms with Gasteiger partial charge >= 0.3 is 5.97 Å². The van der Waals surface area contributed by atoms with Crippen molar-refractivity contribution in [1.82, 2.24) is 4.57 Å². The molecule has 1 aromatic carbocycles. The van der Waals surface area contributed by atoms with Crippen LogP contribution in [0.25, 0.3) is 5.69 Å². The molecule has 0 radical (unpaired) electrons. The second kappa shape index (κ2) is 4.13. The van der Waals surface area contributed by atoms with E-state index in [2.05, 4.69) is 0 Å². The van der Waals surface area contributed by atoms with Gasteiger partial charge in [-0.1, -0.05) is 0 Å². The van der Waals surface area contributed by atoms with Gasteiger partial charge in [-0.25, -0.2) is 4.79 Å². The smallest absolute Gasteiger partial charge is 0.337 e. The molecule has 0 saturated heterocycles. The lowest BCUT2D eigenvalue weighted by molar-refractivity contribution is 0.0697. The van der Waals surface area contributed by atoms with E-state index in [1.165, 1.54) is 6.07 Å². The Labute approximate surface area is 97.3 Å². The van der Waals surface area contributed by atoms with Gasteiger partial charge in [0.15, 0.2) is 0 Å². The molecule has 0 unspecified atom stereocenters. The number of nitrogen functional groups attached to an aromatic ring is 1. The topological polar surface area (TPSA) is 92.1 Å². The van der Waals surface area contributed by atoms with E-state index in [-0.39, 0.29) is 5.56 Å². The molecule has 2 aromatic rings. The summed E-state index contributed by atoms with van der Waals surface area (Å²) in [4.78, 5) is 11.1. The standard InChI is InChI=1S/C12H11N3O2/c13-8-3-5-15(6-4-8)11-7-9(14)1-2-10(11)12(16)17/h1-7,13H,14H2,(H,16,17). The summed E-state index contributed by atoms with van der Waals surface area (Å²) in [6, 6.07) is 7.76. The average molecular weight is 229 g/mol. The summed E-state index contributed by atoms with van der Waals surface area (Å²) in [5.74, 6) is -1.01. The van der Waals surface area contributed by atoms with E-state index in [4.69, 9.17) is 16.2 Å². The van der Waals surface area contributed by atoms with Crippen molar-refractivity contribution >= 4 is 11.7 Å². The monoisotopic (exact) mass is 229 g/mol. The number of carboxylic acids is 1. The van der Waals surface area contributed by atoms with Gasteiger partial charge in [-0.2, -0.15) is 0 Å². The fraction of sp³-hybridized carbons (Fsp3) is 0. The second-order valence-corrected chi connectivity index (χ2v) is 3.58. The van der Waals surface area contributed by atoms with Crippen molar-refractivity contribution in [2.24, 2.45) is 0 Å². The summed E-state index contributed by atoms with van der Waals surface area (Å²) < 4.78 is 1.62. The fourth-order valence-electron chi connectivity index (χ4n) is 1.53. The molecule has 1 aromatic heterocycles. The van der Waals surface area contributed by atoms with Crippen LogP contribution in [-0.4, -0.2) is 15.6 Å². The zero-order valence-electron chi connectivity index (χ0n) is 8.92. The lowest BCUT2D eigenvalue weighted by Crippen LogP contribution is -2.08. The van der Waals surface area contributed by atoms with Crippen molar-refractivity contribution in [3.8, 4) is 5.69 Å². The van der Waals surface area contributed by atoms with Crippen LogP contribution >= 0.6 is 0 Å². The molecule has 0 aliphatic heterocycles. The summed E-state index contributed by atoms with van der Waals surface area (Å²) in [5.41, 5.74) is 6.80. The number of nitrogens with two attached hydrogens (primary N) is 1. The van der Waals surface area contributed by atoms with Crippen LogP contribution in [0.5, 0.6) is 0 Å². The molecular weight excluding hydrogens is 218 g/mol. The fourth-order valence-corrected chi connectivity index (χ4v) is 1.53. The Balaban J connectivity index is 2.64. The number of pyridine rings is 1. The molecule has 0 atom stereocenters. The Bertz CT molecular complexity index is 611. The van der Waals surface area contributed by atoms with Crippen LogP contribution in [0.2, 0.25) is 0 Å². The molecular formula is C12H11N3O2. The number of carboxylic acid groups (broad SMARTS) is 1. The van der Waals surface area contributed by atoms with Crippen LogP contribution in [0.15, 0.2) is 42.7 Å². The minimum Gasteiger partial charge on any atom is -0.478 e. The van der Waals surface area contributed by atoms with E-state index in [0.29, 0.717) is 16.7 Å². The highest BCUT2D eigenvalue weighted by Crippen LogP contribution is 2.17. The number of aromatic nitrogens is 1. The van der Waals surface area contributed by atoms with E-state index in [1.807, 2.05) is 0 Å². The third-order valence-electron chi connectivity index (χ3n) is 2.36. The normalized spacial score (nSPS) is 10.1. The summed E-state index contributed by atoms with van der Waals surface area (Å²) in [5, 5.41) is 16.8. The number of carbonyl (C=O) groups is 1. The number of hydrogen-bond donors (Lipinski definition) is 3. The minimum absolute atomic E-state index is 0.168. The van der Waals surface area contributed by atoms with Crippen LogP contribution in [0.1, 0.15) is 10.4 Å². The van der Waals surface area contributed by atoms with E-state index in [9.17, 15) is 4.79 Å². The Hall–Kier alpha value is -2.56. The van der Waals surface area contributed by atoms with Crippen LogP contribution in [-0.2, 0) is 0 Å². The molecule has 5 heteroatoms. The Morgan fingerprint density at radius 2 is 1.88 bits per heavy atom. The highest BCUT2D eigenvalue weighted by molar-refractivity contribution is 5.92. The zero-order chi connectivity index (χ0) is 12.4. The van der Waals surface area contributed by atoms with Gasteiger partial charge in [-0.3, -0.25) is 0 Å². The van der Waals surface area contributed by atoms with Crippen LogP contribution in [0, 0.1) is 5.41 Å². The van der Waals surface area contributed by atoms with E-state index in [1.54, 1.807) is 41.2 Å². The number of nitrogens with one attached hydrogen (secondary N) is 1. The molecule has 4 N–H and O–H groups in total. The van der Waals surface area contributed by atoms with Gasteiger partial charge in [0.2, 0.25) is 0 Å². The van der Waals surface area contributed by atoms with Crippen molar-refractivity contribution in [1.29, 1.82) is 5.41 Å². The Morgan fingerprint density at radius 3 is 2.47 bits per heavy atom. The predicted octanol–water partition coefficient (Wildman–Crippen LogP) is 1.24. The zero-order valence-corrected chi connectivity index (χ0v) is 8.92. The molecule has 86 valence electrons. The molecule has 1 heterocycles. The van der Waals surface area contributed by atoms with Crippen molar-refractivity contribution in [3.63, 3.8) is 0 Å². The predicted molar refractivity (Wildman–Crippen MR) is 63.0 cm³/mol. The molecule has 0 bridgehead atoms. The molecule has 0 spiro atoms. The second-order valence-electron chi connectivity index (χ2n) is 3.58. The van der Waals surface area contributed by atoms with Gasteiger partial charge in [0.1, 0.15) is 0 Å². The van der Waals surface area contributed by atoms with Gasteiger partial charge in [0, 0.05) is 18.1 Å². The highest BCUT2D eigenvalue weighted by Gasteiger charge is 2.10. The number of anilines is 1. The number of benzene rings is 1. The summed E-state index contributed by atoms with van der Waals surface area (Å²) in [6.45, 7) is 0. The van der Waals surface area contributed by atoms with Gasteiger partial charge in [0.25, 0.3) is 0 Å². The van der Waals surface area contributed by atoms with Crippen molar-refractivity contribution in [2.75, 3.05) is 5.73 Å². The molecule has 0 amide bonds. The third kappa shape index (κ3) is 2.17. The lowest BCUT2D eigenvalue weighted by atomic mass is 10.1. The number of hydrogen-bond acceptors (Lipinski definition) is 3. The van der Waals surface area contributed by atoms with Crippen LogP contribution in [0.3, 0.4) is 0 Å². The Kier molecular flexibility index (Phi) is 2.66. The third-order valence-corrected chi connectivity index (χ3v) is 2.36. The maximum atomic E-state index is 11.1. The summed E-state index contributed by atoms with van der Waals surface area (Å²) >= 11 is 0. The van der Waals surface area contributed by atoms with Crippen molar-refractivity contribution in [2.45, 2.75) is 0 Å². The van der Waals surface area contributed by atoms with Gasteiger partial charge in [0.05, 0.1) is 16.6 Å². The van der Waals surface area contributed by atoms with Gasteiger partial charge < -0.3 is 20.8 Å². The molecule has 0 saturated carbocycles. The van der Waals surface area contributed by atoms with Gasteiger partial charge in [-0.15, -0.1) is 0 Å². The molecule has 0 fully saturated rings. The first-order valence-corrected chi connectivity index (χ1v) is 4.94. The first kappa shape index (κ1) is 10.9. The average Bonchev–Trinajstić information content (AvgIpc) is 2.29. The molecule has 5 nitrogen and oxygen atoms in total. The molecule has 0 aliphatic rings. The van der Waals surface area contributed by atoms with Gasteiger partial charge in [-0.05, 0) is 30.3 Å². The summed E-state index contributed by atoms with van der Waals surface area (Å²) in [6.07, 6.45) is 3.26. The maximum absolute atomic E-state index is 11.1. The van der Waals surface area contributed by atoms with E-state index in [0.717, 1.165) is 0 Å². The lowest BCUT2D eigenvalue weighted by Gasteiger charge is -2.10. The van der Waals surface area contributed by atoms with Crippen molar-refractivity contribution < 1.29 is 9.90 Å². The first-order valence-electron chi connectivity index (χ1n) is 4.94. The largest absolute Gasteiger partial charge is 0.478 e. The minimum atomic E-state index is -1.01. The maximum Gasteiger partial charge on any atom is 0.337 e. The molecule has 0 aliphatic carbocycles. The van der Waals surface area contributed by atoms with Crippen LogP contribution < -0.4 is 11.1 Å². The van der Waals surface area contributed by atoms with E-state index < -0.39 is 5.97 Å². The Morgan fingerprint density at radius 1 is 1.24 bits per heavy atom. The molecule has 17 heavy (non-hydrogen) atoms. The number of aromatic carboxylic acids is 1. The number of rotatable bonds is 2.